The Labute approximate surface area is 136 Å². The van der Waals surface area contributed by atoms with E-state index in [1.807, 2.05) is 0 Å². The summed E-state index contributed by atoms with van der Waals surface area (Å²) in [5, 5.41) is 2.54. The number of nitrogens with one attached hydrogen (secondary N) is 1. The normalized spacial score (nSPS) is 11.1. The van der Waals surface area contributed by atoms with Gasteiger partial charge in [-0.2, -0.15) is 0 Å². The van der Waals surface area contributed by atoms with Gasteiger partial charge in [0.15, 0.2) is 6.29 Å². The Morgan fingerprint density at radius 3 is 2.61 bits per heavy atom. The summed E-state index contributed by atoms with van der Waals surface area (Å²) in [6, 6.07) is 1.59. The number of aromatic nitrogens is 1. The zero-order valence-electron chi connectivity index (χ0n) is 13.1. The van der Waals surface area contributed by atoms with Gasteiger partial charge in [-0.15, -0.1) is 11.3 Å². The highest BCUT2D eigenvalue weighted by Gasteiger charge is 2.24. The lowest BCUT2D eigenvalue weighted by Gasteiger charge is -2.19. The van der Waals surface area contributed by atoms with Crippen molar-refractivity contribution < 1.29 is 23.9 Å². The van der Waals surface area contributed by atoms with E-state index in [4.69, 9.17) is 9.47 Å². The number of carbonyl (C=O) groups excluding carboxylic acids is 3. The van der Waals surface area contributed by atoms with Crippen molar-refractivity contribution in [3.8, 4) is 0 Å². The molecule has 7 nitrogen and oxygen atoms in total. The van der Waals surface area contributed by atoms with Gasteiger partial charge in [-0.05, 0) is 26.8 Å². The molecule has 0 aliphatic rings. The van der Waals surface area contributed by atoms with Crippen LogP contribution in [0.4, 0.5) is 10.5 Å². The molecular formula is C15H16N2O5S. The predicted octanol–water partition coefficient (Wildman–Crippen LogP) is 3.24. The van der Waals surface area contributed by atoms with E-state index in [-0.39, 0.29) is 10.6 Å². The Hall–Kier alpha value is -2.48. The molecule has 0 aliphatic carbocycles. The van der Waals surface area contributed by atoms with Crippen LogP contribution in [0, 0.1) is 0 Å². The third kappa shape index (κ3) is 3.84. The minimum absolute atomic E-state index is 0.184. The van der Waals surface area contributed by atoms with Gasteiger partial charge in [-0.3, -0.25) is 15.1 Å². The van der Waals surface area contributed by atoms with Crippen molar-refractivity contribution in [1.29, 1.82) is 0 Å². The Bertz CT molecular complexity index is 776. The van der Waals surface area contributed by atoms with Crippen LogP contribution in [-0.2, 0) is 9.47 Å². The number of thiophene rings is 1. The number of rotatable bonds is 3. The predicted molar refractivity (Wildman–Crippen MR) is 86.2 cm³/mol. The summed E-state index contributed by atoms with van der Waals surface area (Å²) in [7, 11) is 1.24. The van der Waals surface area contributed by atoms with Crippen LogP contribution in [0.3, 0.4) is 0 Å². The number of pyridine rings is 1. The number of amides is 1. The van der Waals surface area contributed by atoms with Crippen molar-refractivity contribution >= 4 is 45.6 Å². The van der Waals surface area contributed by atoms with Crippen LogP contribution in [0.5, 0.6) is 0 Å². The largest absolute Gasteiger partial charge is 0.465 e. The van der Waals surface area contributed by atoms with Gasteiger partial charge in [0.2, 0.25) is 0 Å². The number of nitrogens with zero attached hydrogens (tertiary/aromatic N) is 1. The second-order valence-electron chi connectivity index (χ2n) is 5.66. The van der Waals surface area contributed by atoms with Crippen molar-refractivity contribution in [1.82, 2.24) is 4.98 Å². The van der Waals surface area contributed by atoms with E-state index in [9.17, 15) is 14.4 Å². The first-order valence-corrected chi connectivity index (χ1v) is 7.53. The number of hydrogen-bond acceptors (Lipinski definition) is 7. The summed E-state index contributed by atoms with van der Waals surface area (Å²) < 4.78 is 10.5. The van der Waals surface area contributed by atoms with Crippen LogP contribution in [0.25, 0.3) is 10.2 Å². The van der Waals surface area contributed by atoms with Crippen LogP contribution in [0.2, 0.25) is 0 Å². The SMILES string of the molecule is COC(=O)c1sc2cc(C=O)cnc2c1NC(=O)OC(C)(C)C. The van der Waals surface area contributed by atoms with E-state index >= 15 is 0 Å². The van der Waals surface area contributed by atoms with Gasteiger partial charge in [-0.1, -0.05) is 0 Å². The third-order valence-electron chi connectivity index (χ3n) is 2.68. The smallest absolute Gasteiger partial charge is 0.412 e. The van der Waals surface area contributed by atoms with E-state index in [0.29, 0.717) is 22.1 Å². The summed E-state index contributed by atoms with van der Waals surface area (Å²) in [4.78, 5) is 39.1. The van der Waals surface area contributed by atoms with Gasteiger partial charge < -0.3 is 9.47 Å². The lowest BCUT2D eigenvalue weighted by molar-refractivity contribution is 0.0607. The maximum absolute atomic E-state index is 12.0. The molecule has 0 bridgehead atoms. The molecule has 0 saturated heterocycles. The van der Waals surface area contributed by atoms with E-state index < -0.39 is 17.7 Å². The minimum Gasteiger partial charge on any atom is -0.465 e. The second kappa shape index (κ2) is 6.33. The van der Waals surface area contributed by atoms with Gasteiger partial charge >= 0.3 is 12.1 Å². The zero-order valence-corrected chi connectivity index (χ0v) is 13.9. The van der Waals surface area contributed by atoms with Gasteiger partial charge in [0.1, 0.15) is 16.0 Å². The van der Waals surface area contributed by atoms with Crippen molar-refractivity contribution in [3.63, 3.8) is 0 Å². The molecule has 2 rings (SSSR count). The summed E-state index contributed by atoms with van der Waals surface area (Å²) in [6.45, 7) is 5.19. The molecule has 23 heavy (non-hydrogen) atoms. The Morgan fingerprint density at radius 1 is 1.35 bits per heavy atom. The van der Waals surface area contributed by atoms with Crippen LogP contribution in [0.1, 0.15) is 40.8 Å². The summed E-state index contributed by atoms with van der Waals surface area (Å²) >= 11 is 1.08. The summed E-state index contributed by atoms with van der Waals surface area (Å²) in [5.74, 6) is -0.605. The fraction of sp³-hybridized carbons (Fsp3) is 0.333. The molecule has 2 aromatic rings. The molecule has 122 valence electrons. The number of methoxy groups -OCH3 is 1. The van der Waals surface area contributed by atoms with Crippen molar-refractivity contribution in [2.75, 3.05) is 12.4 Å². The molecular weight excluding hydrogens is 320 g/mol. The van der Waals surface area contributed by atoms with Gasteiger partial charge in [0.05, 0.1) is 17.5 Å². The highest BCUT2D eigenvalue weighted by Crippen LogP contribution is 2.35. The Balaban J connectivity index is 2.48. The lowest BCUT2D eigenvalue weighted by atomic mass is 10.2. The highest BCUT2D eigenvalue weighted by molar-refractivity contribution is 7.21. The molecule has 0 aromatic carbocycles. The first-order chi connectivity index (χ1) is 10.7. The quantitative estimate of drug-likeness (QED) is 0.683. The topological polar surface area (TPSA) is 94.6 Å². The fourth-order valence-corrected chi connectivity index (χ4v) is 2.90. The monoisotopic (exact) mass is 336 g/mol. The lowest BCUT2D eigenvalue weighted by Crippen LogP contribution is -2.27. The molecule has 8 heteroatoms. The number of anilines is 1. The molecule has 1 amide bonds. The first kappa shape index (κ1) is 16.9. The molecule has 2 heterocycles. The Kier molecular flexibility index (Phi) is 4.65. The fourth-order valence-electron chi connectivity index (χ4n) is 1.82. The molecule has 1 N–H and O–H groups in total. The number of aldehydes is 1. The maximum Gasteiger partial charge on any atom is 0.412 e. The molecule has 0 atom stereocenters. The number of carbonyl (C=O) groups is 3. The Morgan fingerprint density at radius 2 is 2.04 bits per heavy atom. The maximum atomic E-state index is 12.0. The van der Waals surface area contributed by atoms with Crippen molar-refractivity contribution in [2.45, 2.75) is 26.4 Å². The van der Waals surface area contributed by atoms with E-state index in [0.717, 1.165) is 11.3 Å². The first-order valence-electron chi connectivity index (χ1n) is 6.71. The molecule has 0 spiro atoms. The van der Waals surface area contributed by atoms with E-state index in [2.05, 4.69) is 10.3 Å². The van der Waals surface area contributed by atoms with Crippen LogP contribution >= 0.6 is 11.3 Å². The highest BCUT2D eigenvalue weighted by atomic mass is 32.1. The summed E-state index contributed by atoms with van der Waals surface area (Å²) in [6.07, 6.45) is 1.32. The van der Waals surface area contributed by atoms with Crippen LogP contribution < -0.4 is 5.32 Å². The number of fused-ring (bicyclic) bond motifs is 1. The second-order valence-corrected chi connectivity index (χ2v) is 6.71. The van der Waals surface area contributed by atoms with E-state index in [1.54, 1.807) is 26.8 Å². The average Bonchev–Trinajstić information content (AvgIpc) is 2.82. The average molecular weight is 336 g/mol. The van der Waals surface area contributed by atoms with Gasteiger partial charge in [0, 0.05) is 11.8 Å². The number of hydrogen-bond donors (Lipinski definition) is 1. The minimum atomic E-state index is -0.705. The van der Waals surface area contributed by atoms with Gasteiger partial charge in [0.25, 0.3) is 0 Å². The third-order valence-corrected chi connectivity index (χ3v) is 3.79. The zero-order chi connectivity index (χ0) is 17.2. The summed E-state index contributed by atoms with van der Waals surface area (Å²) in [5.41, 5.74) is 0.300. The van der Waals surface area contributed by atoms with E-state index in [1.165, 1.54) is 13.3 Å². The molecule has 0 aliphatic heterocycles. The molecule has 0 saturated carbocycles. The van der Waals surface area contributed by atoms with Gasteiger partial charge in [-0.25, -0.2) is 9.59 Å². The number of ether oxygens (including phenoxy) is 2. The van der Waals surface area contributed by atoms with Crippen molar-refractivity contribution in [3.05, 3.63) is 22.7 Å². The molecule has 0 unspecified atom stereocenters. The van der Waals surface area contributed by atoms with Crippen LogP contribution in [-0.4, -0.2) is 36.0 Å². The standard InChI is InChI=1S/C15H16N2O5S/c1-15(2,3)22-14(20)17-11-10-9(5-8(7-18)6-16-10)23-12(11)13(19)21-4/h5-7H,1-4H3,(H,17,20). The molecule has 0 radical (unpaired) electrons. The van der Waals surface area contributed by atoms with Crippen molar-refractivity contribution in [2.24, 2.45) is 0 Å². The molecule has 2 aromatic heterocycles. The number of esters is 1. The van der Waals surface area contributed by atoms with Crippen LogP contribution in [0.15, 0.2) is 12.3 Å². The molecule has 0 fully saturated rings.